The molecule has 0 unspecified atom stereocenters. The summed E-state index contributed by atoms with van der Waals surface area (Å²) in [5.41, 5.74) is 3.08. The average molecular weight is 318 g/mol. The van der Waals surface area contributed by atoms with E-state index in [4.69, 9.17) is 0 Å². The molecule has 0 spiro atoms. The van der Waals surface area contributed by atoms with E-state index in [2.05, 4.69) is 42.5 Å². The summed E-state index contributed by atoms with van der Waals surface area (Å²) in [7, 11) is 0. The van der Waals surface area contributed by atoms with Crippen molar-refractivity contribution in [3.8, 4) is 0 Å². The Morgan fingerprint density at radius 1 is 1.29 bits per heavy atom. The second kappa shape index (κ2) is 4.35. The molecule has 0 saturated carbocycles. The third kappa shape index (κ3) is 1.91. The highest BCUT2D eigenvalue weighted by atomic mass is 127. The molecule has 1 aromatic heterocycles. The van der Waals surface area contributed by atoms with Crippen molar-refractivity contribution in [1.29, 1.82) is 0 Å². The molecule has 0 radical (unpaired) electrons. The van der Waals surface area contributed by atoms with E-state index >= 15 is 0 Å². The molecule has 0 aromatic carbocycles. The zero-order valence-electron chi connectivity index (χ0n) is 8.69. The summed E-state index contributed by atoms with van der Waals surface area (Å²) in [6.45, 7) is 4.47. The lowest BCUT2D eigenvalue weighted by molar-refractivity contribution is 0.743. The molecular formula is C12H15IS. The van der Waals surface area contributed by atoms with Gasteiger partial charge in [-0.2, -0.15) is 0 Å². The van der Waals surface area contributed by atoms with Gasteiger partial charge in [0.05, 0.1) is 0 Å². The zero-order chi connectivity index (χ0) is 10.1. The molecule has 1 heterocycles. The van der Waals surface area contributed by atoms with Crippen LogP contribution in [0.5, 0.6) is 0 Å². The predicted molar refractivity (Wildman–Crippen MR) is 73.0 cm³/mol. The first-order chi connectivity index (χ1) is 6.70. The average Bonchev–Trinajstić information content (AvgIpc) is 2.47. The molecule has 1 aromatic rings. The summed E-state index contributed by atoms with van der Waals surface area (Å²) in [5.74, 6) is 0. The molecule has 0 nitrogen and oxygen atoms in total. The van der Waals surface area contributed by atoms with E-state index < -0.39 is 0 Å². The van der Waals surface area contributed by atoms with Crippen molar-refractivity contribution in [2.24, 2.45) is 0 Å². The quantitative estimate of drug-likeness (QED) is 0.644. The fourth-order valence-electron chi connectivity index (χ4n) is 1.85. The smallest absolute Gasteiger partial charge is 0.0438 e. The van der Waals surface area contributed by atoms with E-state index in [-0.39, 0.29) is 0 Å². The van der Waals surface area contributed by atoms with Crippen LogP contribution in [0.1, 0.15) is 41.0 Å². The molecule has 0 N–H and O–H groups in total. The minimum atomic E-state index is 1.28. The van der Waals surface area contributed by atoms with Crippen LogP contribution in [0.2, 0.25) is 0 Å². The number of halogens is 1. The van der Waals surface area contributed by atoms with Gasteiger partial charge in [-0.1, -0.05) is 6.08 Å². The Labute approximate surface area is 104 Å². The number of hydrogen-bond acceptors (Lipinski definition) is 1. The number of allylic oxidation sites excluding steroid dienone is 2. The van der Waals surface area contributed by atoms with E-state index in [1.165, 1.54) is 39.7 Å². The summed E-state index contributed by atoms with van der Waals surface area (Å²) in [6, 6.07) is 0. The highest BCUT2D eigenvalue weighted by Crippen LogP contribution is 2.37. The van der Waals surface area contributed by atoms with Crippen molar-refractivity contribution in [2.75, 3.05) is 0 Å². The summed E-state index contributed by atoms with van der Waals surface area (Å²) >= 11 is 4.47. The Morgan fingerprint density at radius 2 is 2.07 bits per heavy atom. The van der Waals surface area contributed by atoms with Crippen LogP contribution in [0.4, 0.5) is 0 Å². The third-order valence-electron chi connectivity index (χ3n) is 2.89. The monoisotopic (exact) mass is 318 g/mol. The van der Waals surface area contributed by atoms with Crippen LogP contribution in [-0.4, -0.2) is 0 Å². The van der Waals surface area contributed by atoms with Gasteiger partial charge in [0.15, 0.2) is 0 Å². The maximum atomic E-state index is 2.50. The van der Waals surface area contributed by atoms with E-state index in [1.807, 2.05) is 11.3 Å². The summed E-state index contributed by atoms with van der Waals surface area (Å²) in [5, 5.41) is 0. The van der Waals surface area contributed by atoms with Gasteiger partial charge in [0.1, 0.15) is 0 Å². The van der Waals surface area contributed by atoms with E-state index in [0.717, 1.165) is 0 Å². The van der Waals surface area contributed by atoms with Crippen molar-refractivity contribution in [3.63, 3.8) is 0 Å². The SMILES string of the molecule is Cc1sc(C2=CCCCC2)c(I)c1C. The number of rotatable bonds is 1. The van der Waals surface area contributed by atoms with Gasteiger partial charge in [-0.25, -0.2) is 0 Å². The van der Waals surface area contributed by atoms with Crippen LogP contribution in [0.25, 0.3) is 5.57 Å². The highest BCUT2D eigenvalue weighted by Gasteiger charge is 2.14. The first kappa shape index (κ1) is 10.7. The molecule has 1 aliphatic carbocycles. The fourth-order valence-corrected chi connectivity index (χ4v) is 4.23. The minimum Gasteiger partial charge on any atom is -0.140 e. The van der Waals surface area contributed by atoms with Crippen LogP contribution >= 0.6 is 33.9 Å². The lowest BCUT2D eigenvalue weighted by Gasteiger charge is -2.11. The van der Waals surface area contributed by atoms with E-state index in [9.17, 15) is 0 Å². The molecule has 0 fully saturated rings. The molecule has 2 heteroatoms. The van der Waals surface area contributed by atoms with Crippen molar-refractivity contribution < 1.29 is 0 Å². The second-order valence-corrected chi connectivity index (χ2v) is 6.20. The lowest BCUT2D eigenvalue weighted by atomic mass is 9.98. The number of hydrogen-bond donors (Lipinski definition) is 0. The standard InChI is InChI=1S/C12H15IS/c1-8-9(2)14-12(11(8)13)10-6-4-3-5-7-10/h6H,3-5,7H2,1-2H3. The Balaban J connectivity index is 2.40. The second-order valence-electron chi connectivity index (χ2n) is 3.90. The summed E-state index contributed by atoms with van der Waals surface area (Å²) < 4.78 is 1.48. The van der Waals surface area contributed by atoms with Crippen LogP contribution < -0.4 is 0 Å². The van der Waals surface area contributed by atoms with Crippen LogP contribution in [0.3, 0.4) is 0 Å². The summed E-state index contributed by atoms with van der Waals surface area (Å²) in [6.07, 6.45) is 7.76. The fraction of sp³-hybridized carbons (Fsp3) is 0.500. The predicted octanol–water partition coefficient (Wildman–Crippen LogP) is 4.93. The first-order valence-electron chi connectivity index (χ1n) is 5.15. The van der Waals surface area contributed by atoms with Crippen LogP contribution in [0, 0.1) is 17.4 Å². The molecule has 0 amide bonds. The van der Waals surface area contributed by atoms with Gasteiger partial charge in [-0.05, 0) is 73.3 Å². The normalized spacial score (nSPS) is 16.9. The zero-order valence-corrected chi connectivity index (χ0v) is 11.7. The van der Waals surface area contributed by atoms with Crippen LogP contribution in [-0.2, 0) is 0 Å². The molecule has 2 rings (SSSR count). The van der Waals surface area contributed by atoms with Crippen LogP contribution in [0.15, 0.2) is 6.08 Å². The van der Waals surface area contributed by atoms with Crippen molar-refractivity contribution in [2.45, 2.75) is 39.5 Å². The van der Waals surface area contributed by atoms with E-state index in [0.29, 0.717) is 0 Å². The molecule has 0 saturated heterocycles. The molecule has 0 atom stereocenters. The van der Waals surface area contributed by atoms with Gasteiger partial charge in [0, 0.05) is 13.3 Å². The molecule has 0 aliphatic heterocycles. The Bertz CT molecular complexity index is 374. The molecule has 0 bridgehead atoms. The Morgan fingerprint density at radius 3 is 2.57 bits per heavy atom. The topological polar surface area (TPSA) is 0 Å². The first-order valence-corrected chi connectivity index (χ1v) is 7.04. The minimum absolute atomic E-state index is 1.28. The summed E-state index contributed by atoms with van der Waals surface area (Å²) in [4.78, 5) is 3.02. The largest absolute Gasteiger partial charge is 0.140 e. The molecule has 14 heavy (non-hydrogen) atoms. The van der Waals surface area contributed by atoms with Crippen molar-refractivity contribution >= 4 is 39.5 Å². The third-order valence-corrected chi connectivity index (χ3v) is 5.89. The Kier molecular flexibility index (Phi) is 3.32. The van der Waals surface area contributed by atoms with Gasteiger partial charge < -0.3 is 0 Å². The van der Waals surface area contributed by atoms with Crippen molar-refractivity contribution in [1.82, 2.24) is 0 Å². The molecule has 76 valence electrons. The maximum absolute atomic E-state index is 2.50. The van der Waals surface area contributed by atoms with Gasteiger partial charge in [-0.3, -0.25) is 0 Å². The van der Waals surface area contributed by atoms with Gasteiger partial charge >= 0.3 is 0 Å². The van der Waals surface area contributed by atoms with Gasteiger partial charge in [0.25, 0.3) is 0 Å². The molecule has 1 aliphatic rings. The van der Waals surface area contributed by atoms with E-state index in [1.54, 1.807) is 10.5 Å². The van der Waals surface area contributed by atoms with Gasteiger partial charge in [-0.15, -0.1) is 11.3 Å². The van der Waals surface area contributed by atoms with Gasteiger partial charge in [0.2, 0.25) is 0 Å². The lowest BCUT2D eigenvalue weighted by Crippen LogP contribution is -1.91. The molecular weight excluding hydrogens is 303 g/mol. The number of thiophene rings is 1. The number of aryl methyl sites for hydroxylation is 1. The van der Waals surface area contributed by atoms with Crippen molar-refractivity contribution in [3.05, 3.63) is 25.0 Å². The maximum Gasteiger partial charge on any atom is 0.0438 e. The highest BCUT2D eigenvalue weighted by molar-refractivity contribution is 14.1. The Hall–Kier alpha value is 0.170.